The Kier molecular flexibility index (Phi) is 4.81. The molecular formula is C18H15ClF2N4. The molecule has 3 rings (SSSR count). The number of benzene rings is 2. The first-order valence-electron chi connectivity index (χ1n) is 7.51. The molecule has 0 unspecified atom stereocenters. The van der Waals surface area contributed by atoms with Crippen LogP contribution in [-0.2, 0) is 0 Å². The summed E-state index contributed by atoms with van der Waals surface area (Å²) in [6, 6.07) is 10.9. The van der Waals surface area contributed by atoms with Crippen LogP contribution in [0.3, 0.4) is 0 Å². The first kappa shape index (κ1) is 17.1. The van der Waals surface area contributed by atoms with E-state index in [-0.39, 0.29) is 5.95 Å². The number of anilines is 4. The number of rotatable bonds is 4. The summed E-state index contributed by atoms with van der Waals surface area (Å²) in [5.41, 5.74) is 2.83. The van der Waals surface area contributed by atoms with Crippen LogP contribution in [0, 0.1) is 25.5 Å². The first-order valence-corrected chi connectivity index (χ1v) is 7.89. The van der Waals surface area contributed by atoms with Gasteiger partial charge in [0.05, 0.1) is 0 Å². The fourth-order valence-electron chi connectivity index (χ4n) is 2.21. The third-order valence-corrected chi connectivity index (χ3v) is 3.88. The molecule has 0 amide bonds. The molecule has 1 heterocycles. The molecule has 0 aliphatic carbocycles. The third-order valence-electron chi connectivity index (χ3n) is 3.47. The summed E-state index contributed by atoms with van der Waals surface area (Å²) in [4.78, 5) is 8.59. The van der Waals surface area contributed by atoms with Crippen LogP contribution in [0.1, 0.15) is 11.3 Å². The van der Waals surface area contributed by atoms with E-state index in [1.807, 2.05) is 26.0 Å². The van der Waals surface area contributed by atoms with Crippen LogP contribution in [0.25, 0.3) is 0 Å². The molecule has 0 atom stereocenters. The molecule has 7 heteroatoms. The summed E-state index contributed by atoms with van der Waals surface area (Å²) in [6.45, 7) is 3.73. The topological polar surface area (TPSA) is 49.8 Å². The monoisotopic (exact) mass is 360 g/mol. The van der Waals surface area contributed by atoms with Crippen molar-refractivity contribution >= 4 is 34.7 Å². The van der Waals surface area contributed by atoms with E-state index in [1.54, 1.807) is 12.1 Å². The average molecular weight is 361 g/mol. The minimum absolute atomic E-state index is 0.270. The van der Waals surface area contributed by atoms with Crippen LogP contribution in [-0.4, -0.2) is 9.97 Å². The lowest BCUT2D eigenvalue weighted by Crippen LogP contribution is -2.03. The van der Waals surface area contributed by atoms with E-state index < -0.39 is 11.6 Å². The van der Waals surface area contributed by atoms with Crippen molar-refractivity contribution in [1.82, 2.24) is 9.97 Å². The van der Waals surface area contributed by atoms with Gasteiger partial charge in [-0.3, -0.25) is 0 Å². The highest BCUT2D eigenvalue weighted by molar-refractivity contribution is 6.31. The van der Waals surface area contributed by atoms with E-state index in [1.165, 1.54) is 6.07 Å². The summed E-state index contributed by atoms with van der Waals surface area (Å²) in [5, 5.41) is 6.66. The van der Waals surface area contributed by atoms with Gasteiger partial charge in [-0.2, -0.15) is 4.98 Å². The van der Waals surface area contributed by atoms with E-state index in [9.17, 15) is 8.78 Å². The maximum Gasteiger partial charge on any atom is 0.229 e. The Morgan fingerprint density at radius 3 is 2.28 bits per heavy atom. The molecule has 3 aromatic rings. The van der Waals surface area contributed by atoms with Gasteiger partial charge in [-0.15, -0.1) is 0 Å². The van der Waals surface area contributed by atoms with Crippen LogP contribution in [0.4, 0.5) is 31.9 Å². The second-order valence-electron chi connectivity index (χ2n) is 5.56. The maximum atomic E-state index is 13.3. The molecule has 0 radical (unpaired) electrons. The molecule has 0 saturated carbocycles. The fraction of sp³-hybridized carbons (Fsp3) is 0.111. The Balaban J connectivity index is 1.84. The molecule has 1 aromatic heterocycles. The number of nitrogens with zero attached hydrogens (tertiary/aromatic N) is 2. The van der Waals surface area contributed by atoms with Crippen LogP contribution in [0.5, 0.6) is 0 Å². The smallest absolute Gasteiger partial charge is 0.229 e. The van der Waals surface area contributed by atoms with E-state index in [0.717, 1.165) is 23.4 Å². The number of aryl methyl sites for hydroxylation is 2. The Labute approximate surface area is 148 Å². The summed E-state index contributed by atoms with van der Waals surface area (Å²) in [6.07, 6.45) is 0. The van der Waals surface area contributed by atoms with Crippen LogP contribution < -0.4 is 10.6 Å². The van der Waals surface area contributed by atoms with E-state index in [0.29, 0.717) is 22.2 Å². The lowest BCUT2D eigenvalue weighted by Gasteiger charge is -2.11. The molecule has 128 valence electrons. The summed E-state index contributed by atoms with van der Waals surface area (Å²) < 4.78 is 26.3. The van der Waals surface area contributed by atoms with Crippen LogP contribution >= 0.6 is 11.6 Å². The SMILES string of the molecule is Cc1cc(Nc2ccc(C)c(Cl)c2)nc(Nc2ccc(F)c(F)c2)n1. The van der Waals surface area contributed by atoms with Crippen molar-refractivity contribution in [3.63, 3.8) is 0 Å². The zero-order valence-electron chi connectivity index (χ0n) is 13.6. The molecule has 0 aliphatic heterocycles. The second-order valence-corrected chi connectivity index (χ2v) is 5.97. The lowest BCUT2D eigenvalue weighted by atomic mass is 10.2. The quantitative estimate of drug-likeness (QED) is 0.644. The summed E-state index contributed by atoms with van der Waals surface area (Å²) in [5.74, 6) is -1.02. The molecule has 0 fully saturated rings. The van der Waals surface area contributed by atoms with Crippen molar-refractivity contribution in [1.29, 1.82) is 0 Å². The lowest BCUT2D eigenvalue weighted by molar-refractivity contribution is 0.509. The Hall–Kier alpha value is -2.73. The molecule has 0 spiro atoms. The van der Waals surface area contributed by atoms with Crippen molar-refractivity contribution in [3.05, 3.63) is 70.4 Å². The van der Waals surface area contributed by atoms with Crippen molar-refractivity contribution in [2.75, 3.05) is 10.6 Å². The Bertz CT molecular complexity index is 859. The molecule has 0 bridgehead atoms. The minimum Gasteiger partial charge on any atom is -0.340 e. The standard InChI is InChI=1S/C18H15ClF2N4/c1-10-3-4-12(8-14(10)19)23-17-7-11(2)22-18(25-17)24-13-5-6-15(20)16(21)9-13/h3-9H,1-2H3,(H2,22,23,24,25). The summed E-state index contributed by atoms with van der Waals surface area (Å²) >= 11 is 6.13. The Morgan fingerprint density at radius 2 is 1.56 bits per heavy atom. The first-order chi connectivity index (χ1) is 11.9. The van der Waals surface area contributed by atoms with Gasteiger partial charge in [0.2, 0.25) is 5.95 Å². The van der Waals surface area contributed by atoms with E-state index in [4.69, 9.17) is 11.6 Å². The molecule has 0 aliphatic rings. The molecule has 25 heavy (non-hydrogen) atoms. The fourth-order valence-corrected chi connectivity index (χ4v) is 2.39. The van der Waals surface area contributed by atoms with Gasteiger partial charge in [0.15, 0.2) is 11.6 Å². The van der Waals surface area contributed by atoms with Crippen molar-refractivity contribution in [2.45, 2.75) is 13.8 Å². The van der Waals surface area contributed by atoms with Gasteiger partial charge in [0.1, 0.15) is 5.82 Å². The molecular weight excluding hydrogens is 346 g/mol. The molecule has 2 aromatic carbocycles. The zero-order chi connectivity index (χ0) is 18.0. The predicted octanol–water partition coefficient (Wildman–Crippen LogP) is 5.51. The largest absolute Gasteiger partial charge is 0.340 e. The number of hydrogen-bond acceptors (Lipinski definition) is 4. The Morgan fingerprint density at radius 1 is 0.840 bits per heavy atom. The van der Waals surface area contributed by atoms with Crippen LogP contribution in [0.15, 0.2) is 42.5 Å². The van der Waals surface area contributed by atoms with Crippen LogP contribution in [0.2, 0.25) is 5.02 Å². The number of halogens is 3. The van der Waals surface area contributed by atoms with Gasteiger partial charge in [-0.25, -0.2) is 13.8 Å². The third kappa shape index (κ3) is 4.22. The van der Waals surface area contributed by atoms with E-state index >= 15 is 0 Å². The number of hydrogen-bond donors (Lipinski definition) is 2. The van der Waals surface area contributed by atoms with E-state index in [2.05, 4.69) is 20.6 Å². The van der Waals surface area contributed by atoms with Crippen molar-refractivity contribution in [2.24, 2.45) is 0 Å². The highest BCUT2D eigenvalue weighted by Gasteiger charge is 2.07. The number of nitrogens with one attached hydrogen (secondary N) is 2. The zero-order valence-corrected chi connectivity index (χ0v) is 14.3. The average Bonchev–Trinajstić information content (AvgIpc) is 2.54. The molecule has 4 nitrogen and oxygen atoms in total. The normalized spacial score (nSPS) is 10.6. The van der Waals surface area contributed by atoms with Gasteiger partial charge in [0.25, 0.3) is 0 Å². The highest BCUT2D eigenvalue weighted by atomic mass is 35.5. The predicted molar refractivity (Wildman–Crippen MR) is 95.9 cm³/mol. The minimum atomic E-state index is -0.940. The van der Waals surface area contributed by atoms with Gasteiger partial charge in [0, 0.05) is 34.2 Å². The van der Waals surface area contributed by atoms with Gasteiger partial charge >= 0.3 is 0 Å². The second kappa shape index (κ2) is 7.03. The van der Waals surface area contributed by atoms with Gasteiger partial charge in [-0.05, 0) is 43.7 Å². The molecule has 2 N–H and O–H groups in total. The van der Waals surface area contributed by atoms with Crippen molar-refractivity contribution in [3.8, 4) is 0 Å². The summed E-state index contributed by atoms with van der Waals surface area (Å²) in [7, 11) is 0. The number of aromatic nitrogens is 2. The van der Waals surface area contributed by atoms with Crippen molar-refractivity contribution < 1.29 is 8.78 Å². The maximum absolute atomic E-state index is 13.3. The van der Waals surface area contributed by atoms with Gasteiger partial charge in [-0.1, -0.05) is 17.7 Å². The highest BCUT2D eigenvalue weighted by Crippen LogP contribution is 2.24. The van der Waals surface area contributed by atoms with Gasteiger partial charge < -0.3 is 10.6 Å². The molecule has 0 saturated heterocycles.